The zero-order chi connectivity index (χ0) is 13.2. The Morgan fingerprint density at radius 1 is 1.32 bits per heavy atom. The van der Waals surface area contributed by atoms with Crippen LogP contribution in [0.2, 0.25) is 0 Å². The van der Waals surface area contributed by atoms with Gasteiger partial charge in [-0.25, -0.2) is 4.39 Å². The van der Waals surface area contributed by atoms with Gasteiger partial charge in [0.25, 0.3) is 0 Å². The molecule has 1 unspecified atom stereocenters. The van der Waals surface area contributed by atoms with Gasteiger partial charge in [-0.2, -0.15) is 0 Å². The number of hydrogen-bond donors (Lipinski definition) is 1. The van der Waals surface area contributed by atoms with E-state index in [-0.39, 0.29) is 17.8 Å². The number of rotatable bonds is 2. The molecule has 1 aromatic carbocycles. The minimum Gasteiger partial charge on any atom is -0.353 e. The zero-order valence-corrected chi connectivity index (χ0v) is 10.8. The topological polar surface area (TPSA) is 35.6 Å². The molecule has 102 valence electrons. The summed E-state index contributed by atoms with van der Waals surface area (Å²) in [5.41, 5.74) is 0.963. The van der Waals surface area contributed by atoms with Crippen molar-refractivity contribution >= 4 is 5.91 Å². The van der Waals surface area contributed by atoms with Gasteiger partial charge in [0.15, 0.2) is 0 Å². The number of halogens is 1. The van der Waals surface area contributed by atoms with Gasteiger partial charge in [-0.05, 0) is 17.7 Å². The van der Waals surface area contributed by atoms with Gasteiger partial charge in [0, 0.05) is 39.3 Å². The molecule has 1 aromatic rings. The summed E-state index contributed by atoms with van der Waals surface area (Å²) in [6, 6.07) is 6.63. The summed E-state index contributed by atoms with van der Waals surface area (Å²) in [5.74, 6) is -0.0817. The number of benzene rings is 1. The first-order chi connectivity index (χ1) is 9.22. The lowest BCUT2D eigenvalue weighted by Crippen LogP contribution is -2.63. The van der Waals surface area contributed by atoms with Gasteiger partial charge in [0.05, 0.1) is 0 Å². The van der Waals surface area contributed by atoms with Crippen LogP contribution in [0.1, 0.15) is 5.56 Å². The Bertz CT molecular complexity index is 480. The molecule has 0 saturated carbocycles. The molecule has 3 rings (SSSR count). The molecule has 19 heavy (non-hydrogen) atoms. The van der Waals surface area contributed by atoms with Crippen molar-refractivity contribution in [3.63, 3.8) is 0 Å². The molecule has 0 spiro atoms. The second kappa shape index (κ2) is 5.27. The SMILES string of the molecule is O=C1NCCN2CCN(Cc3cccc(F)c3)CC12. The smallest absolute Gasteiger partial charge is 0.238 e. The first-order valence-electron chi connectivity index (χ1n) is 6.71. The van der Waals surface area contributed by atoms with E-state index in [9.17, 15) is 9.18 Å². The molecule has 2 fully saturated rings. The largest absolute Gasteiger partial charge is 0.353 e. The third-order valence-corrected chi connectivity index (χ3v) is 3.87. The van der Waals surface area contributed by atoms with Crippen molar-refractivity contribution in [1.29, 1.82) is 0 Å². The molecular formula is C14H18FN3O. The third kappa shape index (κ3) is 2.77. The minimum atomic E-state index is -0.202. The summed E-state index contributed by atoms with van der Waals surface area (Å²) in [7, 11) is 0. The van der Waals surface area contributed by atoms with E-state index in [0.29, 0.717) is 6.54 Å². The number of amides is 1. The predicted molar refractivity (Wildman–Crippen MR) is 70.0 cm³/mol. The van der Waals surface area contributed by atoms with Gasteiger partial charge in [-0.1, -0.05) is 12.1 Å². The van der Waals surface area contributed by atoms with Gasteiger partial charge >= 0.3 is 0 Å². The zero-order valence-electron chi connectivity index (χ0n) is 10.8. The highest BCUT2D eigenvalue weighted by atomic mass is 19.1. The van der Waals surface area contributed by atoms with Crippen LogP contribution in [0.25, 0.3) is 0 Å². The second-order valence-electron chi connectivity index (χ2n) is 5.21. The first kappa shape index (κ1) is 12.6. The van der Waals surface area contributed by atoms with Gasteiger partial charge in [0.1, 0.15) is 11.9 Å². The number of carbonyl (C=O) groups is 1. The number of piperazine rings is 2. The number of carbonyl (C=O) groups excluding carboxylic acids is 1. The maximum absolute atomic E-state index is 13.2. The molecule has 2 heterocycles. The van der Waals surface area contributed by atoms with E-state index in [4.69, 9.17) is 0 Å². The Morgan fingerprint density at radius 3 is 3.05 bits per heavy atom. The van der Waals surface area contributed by atoms with Crippen LogP contribution in [0.5, 0.6) is 0 Å². The summed E-state index contributed by atoms with van der Waals surface area (Å²) < 4.78 is 13.2. The second-order valence-corrected chi connectivity index (χ2v) is 5.21. The van der Waals surface area contributed by atoms with Gasteiger partial charge < -0.3 is 5.32 Å². The fourth-order valence-corrected chi connectivity index (χ4v) is 2.87. The molecule has 2 aliphatic heterocycles. The van der Waals surface area contributed by atoms with Crippen molar-refractivity contribution < 1.29 is 9.18 Å². The molecule has 1 atom stereocenters. The van der Waals surface area contributed by atoms with Crippen molar-refractivity contribution in [2.75, 3.05) is 32.7 Å². The Hall–Kier alpha value is -1.46. The lowest BCUT2D eigenvalue weighted by Gasteiger charge is -2.43. The number of hydrogen-bond acceptors (Lipinski definition) is 3. The van der Waals surface area contributed by atoms with Crippen molar-refractivity contribution in [2.24, 2.45) is 0 Å². The highest BCUT2D eigenvalue weighted by Crippen LogP contribution is 2.15. The van der Waals surface area contributed by atoms with Crippen LogP contribution in [-0.4, -0.2) is 54.5 Å². The molecule has 0 bridgehead atoms. The molecule has 0 aliphatic carbocycles. The average Bonchev–Trinajstić information content (AvgIpc) is 2.40. The van der Waals surface area contributed by atoms with E-state index < -0.39 is 0 Å². The highest BCUT2D eigenvalue weighted by Gasteiger charge is 2.34. The van der Waals surface area contributed by atoms with E-state index >= 15 is 0 Å². The number of nitrogens with zero attached hydrogens (tertiary/aromatic N) is 2. The molecular weight excluding hydrogens is 245 g/mol. The standard InChI is InChI=1S/C14H18FN3O/c15-12-3-1-2-11(8-12)9-17-6-7-18-5-4-16-14(19)13(18)10-17/h1-3,8,13H,4-7,9-10H2,(H,16,19). The van der Waals surface area contributed by atoms with Crippen molar-refractivity contribution in [3.8, 4) is 0 Å². The monoisotopic (exact) mass is 263 g/mol. The fourth-order valence-electron chi connectivity index (χ4n) is 2.87. The molecule has 4 nitrogen and oxygen atoms in total. The Morgan fingerprint density at radius 2 is 2.21 bits per heavy atom. The molecule has 0 radical (unpaired) electrons. The number of fused-ring (bicyclic) bond motifs is 1. The van der Waals surface area contributed by atoms with Gasteiger partial charge in [-0.3, -0.25) is 14.6 Å². The van der Waals surface area contributed by atoms with Crippen LogP contribution in [0.4, 0.5) is 4.39 Å². The molecule has 2 saturated heterocycles. The quantitative estimate of drug-likeness (QED) is 0.841. The summed E-state index contributed by atoms with van der Waals surface area (Å²) >= 11 is 0. The molecule has 5 heteroatoms. The van der Waals surface area contributed by atoms with Crippen LogP contribution in [0, 0.1) is 5.82 Å². The van der Waals surface area contributed by atoms with Crippen LogP contribution < -0.4 is 5.32 Å². The lowest BCUT2D eigenvalue weighted by atomic mass is 10.1. The maximum Gasteiger partial charge on any atom is 0.238 e. The van der Waals surface area contributed by atoms with Gasteiger partial charge in [0.2, 0.25) is 5.91 Å². The van der Waals surface area contributed by atoms with E-state index in [1.807, 2.05) is 6.07 Å². The van der Waals surface area contributed by atoms with E-state index in [1.165, 1.54) is 6.07 Å². The minimum absolute atomic E-state index is 0.0453. The lowest BCUT2D eigenvalue weighted by molar-refractivity contribution is -0.131. The normalized spacial score (nSPS) is 24.9. The summed E-state index contributed by atoms with van der Waals surface area (Å²) in [4.78, 5) is 16.3. The summed E-state index contributed by atoms with van der Waals surface area (Å²) in [5, 5.41) is 2.91. The summed E-state index contributed by atoms with van der Waals surface area (Å²) in [6.45, 7) is 4.95. The van der Waals surface area contributed by atoms with Crippen LogP contribution in [0.15, 0.2) is 24.3 Å². The molecule has 1 N–H and O–H groups in total. The summed E-state index contributed by atoms with van der Waals surface area (Å²) in [6.07, 6.45) is 0. The number of nitrogens with one attached hydrogen (secondary N) is 1. The van der Waals surface area contributed by atoms with Crippen LogP contribution >= 0.6 is 0 Å². The Balaban J connectivity index is 1.65. The van der Waals surface area contributed by atoms with Crippen molar-refractivity contribution in [2.45, 2.75) is 12.6 Å². The Kier molecular flexibility index (Phi) is 3.48. The average molecular weight is 263 g/mol. The van der Waals surface area contributed by atoms with Gasteiger partial charge in [-0.15, -0.1) is 0 Å². The van der Waals surface area contributed by atoms with E-state index in [0.717, 1.165) is 38.3 Å². The van der Waals surface area contributed by atoms with Crippen LogP contribution in [-0.2, 0) is 11.3 Å². The maximum atomic E-state index is 13.2. The van der Waals surface area contributed by atoms with Crippen molar-refractivity contribution in [3.05, 3.63) is 35.6 Å². The first-order valence-corrected chi connectivity index (χ1v) is 6.71. The Labute approximate surface area is 112 Å². The molecule has 1 amide bonds. The third-order valence-electron chi connectivity index (χ3n) is 3.87. The molecule has 0 aromatic heterocycles. The van der Waals surface area contributed by atoms with Crippen molar-refractivity contribution in [1.82, 2.24) is 15.1 Å². The fraction of sp³-hybridized carbons (Fsp3) is 0.500. The highest BCUT2D eigenvalue weighted by molar-refractivity contribution is 5.82. The predicted octanol–water partition coefficient (Wildman–Crippen LogP) is 0.442. The van der Waals surface area contributed by atoms with Crippen LogP contribution in [0.3, 0.4) is 0 Å². The van der Waals surface area contributed by atoms with E-state index in [2.05, 4.69) is 15.1 Å². The van der Waals surface area contributed by atoms with E-state index in [1.54, 1.807) is 12.1 Å². The molecule has 2 aliphatic rings.